The Kier molecular flexibility index (Phi) is 5.48. The first kappa shape index (κ1) is 12.0. The van der Waals surface area contributed by atoms with Gasteiger partial charge in [-0.15, -0.1) is 0 Å². The van der Waals surface area contributed by atoms with Gasteiger partial charge in [-0.3, -0.25) is 4.90 Å². The molecule has 0 aromatic heterocycles. The van der Waals surface area contributed by atoms with Crippen molar-refractivity contribution in [1.82, 2.24) is 10.2 Å². The molecule has 0 aromatic rings. The lowest BCUT2D eigenvalue weighted by molar-refractivity contribution is 0.0345. The average molecular weight is 219 g/mol. The van der Waals surface area contributed by atoms with E-state index in [-0.39, 0.29) is 0 Å². The van der Waals surface area contributed by atoms with Gasteiger partial charge in [-0.1, -0.05) is 18.2 Å². The third-order valence-electron chi connectivity index (χ3n) is 2.28. The van der Waals surface area contributed by atoms with E-state index in [1.54, 1.807) is 0 Å². The van der Waals surface area contributed by atoms with Crippen molar-refractivity contribution in [2.75, 3.05) is 39.4 Å². The van der Waals surface area contributed by atoms with Gasteiger partial charge in [0, 0.05) is 37.3 Å². The van der Waals surface area contributed by atoms with Crippen molar-refractivity contribution in [3.63, 3.8) is 0 Å². The lowest BCUT2D eigenvalue weighted by atomic mass is 10.3. The van der Waals surface area contributed by atoms with Crippen LogP contribution in [0, 0.1) is 0 Å². The molecule has 1 heterocycles. The lowest BCUT2D eigenvalue weighted by Gasteiger charge is -2.29. The van der Waals surface area contributed by atoms with E-state index in [0.717, 1.165) is 32.8 Å². The SMILES string of the molecule is C=C(Cl)CNC(C)CN1CCOCC1. The predicted octanol–water partition coefficient (Wildman–Crippen LogP) is 1.05. The first-order valence-corrected chi connectivity index (χ1v) is 5.43. The number of ether oxygens (including phenoxy) is 1. The van der Waals surface area contributed by atoms with Gasteiger partial charge in [-0.2, -0.15) is 0 Å². The standard InChI is InChI=1S/C10H19ClN2O/c1-9(11)7-12-10(2)8-13-3-5-14-6-4-13/h10,12H,1,3-8H2,2H3. The minimum absolute atomic E-state index is 0.448. The van der Waals surface area contributed by atoms with Crippen molar-refractivity contribution < 1.29 is 4.74 Å². The smallest absolute Gasteiger partial charge is 0.0594 e. The molecule has 1 fully saturated rings. The maximum absolute atomic E-state index is 5.67. The Morgan fingerprint density at radius 2 is 2.21 bits per heavy atom. The molecule has 3 nitrogen and oxygen atoms in total. The van der Waals surface area contributed by atoms with E-state index in [2.05, 4.69) is 23.7 Å². The van der Waals surface area contributed by atoms with E-state index >= 15 is 0 Å². The molecule has 1 saturated heterocycles. The quantitative estimate of drug-likeness (QED) is 0.747. The van der Waals surface area contributed by atoms with Gasteiger partial charge in [0.25, 0.3) is 0 Å². The van der Waals surface area contributed by atoms with E-state index in [1.165, 1.54) is 0 Å². The maximum Gasteiger partial charge on any atom is 0.0594 e. The van der Waals surface area contributed by atoms with Gasteiger partial charge in [0.2, 0.25) is 0 Å². The Morgan fingerprint density at radius 3 is 2.79 bits per heavy atom. The molecule has 1 rings (SSSR count). The van der Waals surface area contributed by atoms with E-state index in [0.29, 0.717) is 17.6 Å². The van der Waals surface area contributed by atoms with Crippen molar-refractivity contribution in [3.8, 4) is 0 Å². The summed E-state index contributed by atoms with van der Waals surface area (Å²) in [4.78, 5) is 2.40. The molecule has 1 unspecified atom stereocenters. The summed E-state index contributed by atoms with van der Waals surface area (Å²) in [7, 11) is 0. The van der Waals surface area contributed by atoms with Crippen LogP contribution in [0.25, 0.3) is 0 Å². The normalized spacial score (nSPS) is 20.7. The van der Waals surface area contributed by atoms with Crippen LogP contribution in [0.4, 0.5) is 0 Å². The number of hydrogen-bond acceptors (Lipinski definition) is 3. The van der Waals surface area contributed by atoms with Crippen LogP contribution in [0.15, 0.2) is 11.6 Å². The molecule has 0 radical (unpaired) electrons. The van der Waals surface area contributed by atoms with Gasteiger partial charge in [0.15, 0.2) is 0 Å². The minimum atomic E-state index is 0.448. The Bertz CT molecular complexity index is 181. The van der Waals surface area contributed by atoms with Gasteiger partial charge >= 0.3 is 0 Å². The summed E-state index contributed by atoms with van der Waals surface area (Å²) in [5, 5.41) is 3.98. The van der Waals surface area contributed by atoms with Crippen molar-refractivity contribution in [2.45, 2.75) is 13.0 Å². The largest absolute Gasteiger partial charge is 0.379 e. The molecular weight excluding hydrogens is 200 g/mol. The third-order valence-corrected chi connectivity index (χ3v) is 2.41. The van der Waals surface area contributed by atoms with E-state index in [9.17, 15) is 0 Å². The van der Waals surface area contributed by atoms with Gasteiger partial charge in [0.05, 0.1) is 13.2 Å². The van der Waals surface area contributed by atoms with Crippen LogP contribution in [-0.4, -0.2) is 50.3 Å². The fraction of sp³-hybridized carbons (Fsp3) is 0.800. The second kappa shape index (κ2) is 6.40. The van der Waals surface area contributed by atoms with E-state index in [1.807, 2.05) is 0 Å². The zero-order valence-electron chi connectivity index (χ0n) is 8.76. The lowest BCUT2D eigenvalue weighted by Crippen LogP contribution is -2.44. The molecule has 0 spiro atoms. The monoisotopic (exact) mass is 218 g/mol. The van der Waals surface area contributed by atoms with Crippen molar-refractivity contribution in [1.29, 1.82) is 0 Å². The number of nitrogens with zero attached hydrogens (tertiary/aromatic N) is 1. The first-order valence-electron chi connectivity index (χ1n) is 5.05. The second-order valence-corrected chi connectivity index (χ2v) is 4.25. The van der Waals surface area contributed by atoms with Crippen LogP contribution in [0.1, 0.15) is 6.92 Å². The van der Waals surface area contributed by atoms with Crippen LogP contribution in [0.5, 0.6) is 0 Å². The fourth-order valence-corrected chi connectivity index (χ4v) is 1.60. The zero-order valence-corrected chi connectivity index (χ0v) is 9.52. The molecular formula is C10H19ClN2O. The van der Waals surface area contributed by atoms with E-state index in [4.69, 9.17) is 16.3 Å². The van der Waals surface area contributed by atoms with Crippen LogP contribution < -0.4 is 5.32 Å². The van der Waals surface area contributed by atoms with Gasteiger partial charge in [0.1, 0.15) is 0 Å². The fourth-order valence-electron chi connectivity index (χ4n) is 1.52. The third kappa shape index (κ3) is 4.96. The maximum atomic E-state index is 5.67. The Balaban J connectivity index is 2.11. The van der Waals surface area contributed by atoms with Crippen LogP contribution in [0.3, 0.4) is 0 Å². The highest BCUT2D eigenvalue weighted by atomic mass is 35.5. The number of morpholine rings is 1. The number of hydrogen-bond donors (Lipinski definition) is 1. The van der Waals surface area contributed by atoms with Crippen molar-refractivity contribution in [2.24, 2.45) is 0 Å². The first-order chi connectivity index (χ1) is 6.68. The molecule has 0 amide bonds. The van der Waals surface area contributed by atoms with E-state index < -0.39 is 0 Å². The summed E-state index contributed by atoms with van der Waals surface area (Å²) in [6.07, 6.45) is 0. The summed E-state index contributed by atoms with van der Waals surface area (Å²) < 4.78 is 5.28. The van der Waals surface area contributed by atoms with Gasteiger partial charge in [-0.25, -0.2) is 0 Å². The van der Waals surface area contributed by atoms with Gasteiger partial charge < -0.3 is 10.1 Å². The summed E-state index contributed by atoms with van der Waals surface area (Å²) in [6, 6.07) is 0.448. The van der Waals surface area contributed by atoms with Crippen molar-refractivity contribution in [3.05, 3.63) is 11.6 Å². The molecule has 0 aromatic carbocycles. The molecule has 1 aliphatic rings. The topological polar surface area (TPSA) is 24.5 Å². The average Bonchev–Trinajstić information content (AvgIpc) is 2.16. The molecule has 1 N–H and O–H groups in total. The Labute approximate surface area is 91.1 Å². The number of nitrogens with one attached hydrogen (secondary N) is 1. The predicted molar refractivity (Wildman–Crippen MR) is 59.7 cm³/mol. The molecule has 0 saturated carbocycles. The molecule has 1 atom stereocenters. The van der Waals surface area contributed by atoms with Crippen molar-refractivity contribution >= 4 is 11.6 Å². The zero-order chi connectivity index (χ0) is 10.4. The highest BCUT2D eigenvalue weighted by Crippen LogP contribution is 1.99. The minimum Gasteiger partial charge on any atom is -0.379 e. The Morgan fingerprint density at radius 1 is 1.57 bits per heavy atom. The molecule has 1 aliphatic heterocycles. The summed E-state index contributed by atoms with van der Waals surface area (Å²) in [5.41, 5.74) is 0. The number of rotatable bonds is 5. The second-order valence-electron chi connectivity index (χ2n) is 3.71. The molecule has 4 heteroatoms. The summed E-state index contributed by atoms with van der Waals surface area (Å²) in [6.45, 7) is 11.3. The summed E-state index contributed by atoms with van der Waals surface area (Å²) in [5.74, 6) is 0. The molecule has 0 bridgehead atoms. The molecule has 0 aliphatic carbocycles. The summed E-state index contributed by atoms with van der Waals surface area (Å²) >= 11 is 5.67. The molecule has 14 heavy (non-hydrogen) atoms. The van der Waals surface area contributed by atoms with Crippen LogP contribution >= 0.6 is 11.6 Å². The highest BCUT2D eigenvalue weighted by molar-refractivity contribution is 6.29. The highest BCUT2D eigenvalue weighted by Gasteiger charge is 2.12. The molecule has 82 valence electrons. The van der Waals surface area contributed by atoms with Gasteiger partial charge in [-0.05, 0) is 6.92 Å². The number of halogens is 1. The van der Waals surface area contributed by atoms with Crippen LogP contribution in [0.2, 0.25) is 0 Å². The Hall–Kier alpha value is -0.0900. The van der Waals surface area contributed by atoms with Crippen LogP contribution in [-0.2, 0) is 4.74 Å².